The number of rotatable bonds is 4. The SMILES string of the molecule is Cc1sc(NC(=O)OCc2ccccc2)cc1C(=O)O. The Hall–Kier alpha value is -2.34. The molecule has 0 radical (unpaired) electrons. The molecule has 0 fully saturated rings. The van der Waals surface area contributed by atoms with Crippen LogP contribution in [-0.4, -0.2) is 17.2 Å². The summed E-state index contributed by atoms with van der Waals surface area (Å²) in [4.78, 5) is 23.1. The summed E-state index contributed by atoms with van der Waals surface area (Å²) in [7, 11) is 0. The molecule has 2 rings (SSSR count). The molecule has 0 aliphatic rings. The van der Waals surface area contributed by atoms with E-state index in [2.05, 4.69) is 5.32 Å². The minimum atomic E-state index is -1.01. The molecule has 0 saturated heterocycles. The molecule has 0 unspecified atom stereocenters. The number of amides is 1. The van der Waals surface area contributed by atoms with Gasteiger partial charge in [0.2, 0.25) is 0 Å². The molecule has 0 saturated carbocycles. The molecular formula is C14H13NO4S. The normalized spacial score (nSPS) is 10.1. The zero-order valence-electron chi connectivity index (χ0n) is 10.8. The van der Waals surface area contributed by atoms with E-state index in [-0.39, 0.29) is 12.2 Å². The Kier molecular flexibility index (Phi) is 4.37. The number of hydrogen-bond acceptors (Lipinski definition) is 4. The number of carboxylic acid groups (broad SMARTS) is 1. The number of ether oxygens (including phenoxy) is 1. The quantitative estimate of drug-likeness (QED) is 0.904. The van der Waals surface area contributed by atoms with Crippen LogP contribution >= 0.6 is 11.3 Å². The molecule has 1 aromatic carbocycles. The summed E-state index contributed by atoms with van der Waals surface area (Å²) >= 11 is 1.20. The summed E-state index contributed by atoms with van der Waals surface area (Å²) in [5.74, 6) is -1.01. The highest BCUT2D eigenvalue weighted by atomic mass is 32.1. The lowest BCUT2D eigenvalue weighted by Gasteiger charge is -2.05. The van der Waals surface area contributed by atoms with Gasteiger partial charge in [-0.2, -0.15) is 0 Å². The van der Waals surface area contributed by atoms with E-state index in [0.717, 1.165) is 5.56 Å². The highest BCUT2D eigenvalue weighted by Crippen LogP contribution is 2.26. The maximum absolute atomic E-state index is 11.6. The van der Waals surface area contributed by atoms with Gasteiger partial charge in [-0.3, -0.25) is 5.32 Å². The van der Waals surface area contributed by atoms with Gasteiger partial charge >= 0.3 is 12.1 Å². The van der Waals surface area contributed by atoms with Crippen molar-refractivity contribution in [3.63, 3.8) is 0 Å². The summed E-state index contributed by atoms with van der Waals surface area (Å²) in [5, 5.41) is 11.9. The molecular weight excluding hydrogens is 278 g/mol. The molecule has 5 nitrogen and oxygen atoms in total. The highest BCUT2D eigenvalue weighted by Gasteiger charge is 2.13. The smallest absolute Gasteiger partial charge is 0.412 e. The largest absolute Gasteiger partial charge is 0.478 e. The van der Waals surface area contributed by atoms with Crippen LogP contribution in [-0.2, 0) is 11.3 Å². The van der Waals surface area contributed by atoms with Gasteiger partial charge < -0.3 is 9.84 Å². The number of aryl methyl sites for hydroxylation is 1. The van der Waals surface area contributed by atoms with Crippen LogP contribution in [0.5, 0.6) is 0 Å². The maximum atomic E-state index is 11.6. The third kappa shape index (κ3) is 3.58. The van der Waals surface area contributed by atoms with Crippen molar-refractivity contribution in [2.45, 2.75) is 13.5 Å². The van der Waals surface area contributed by atoms with Crippen LogP contribution in [0.1, 0.15) is 20.8 Å². The third-order valence-corrected chi connectivity index (χ3v) is 3.55. The maximum Gasteiger partial charge on any atom is 0.412 e. The molecule has 0 aliphatic heterocycles. The number of thiophene rings is 1. The number of aromatic carboxylic acids is 1. The van der Waals surface area contributed by atoms with E-state index in [1.54, 1.807) is 6.92 Å². The summed E-state index contributed by atoms with van der Waals surface area (Å²) in [5.41, 5.74) is 1.07. The lowest BCUT2D eigenvalue weighted by atomic mass is 10.2. The van der Waals surface area contributed by atoms with Gasteiger partial charge in [-0.05, 0) is 18.6 Å². The predicted molar refractivity (Wildman–Crippen MR) is 76.3 cm³/mol. The van der Waals surface area contributed by atoms with E-state index >= 15 is 0 Å². The van der Waals surface area contributed by atoms with Crippen LogP contribution in [0.3, 0.4) is 0 Å². The molecule has 0 atom stereocenters. The number of hydrogen-bond donors (Lipinski definition) is 2. The van der Waals surface area contributed by atoms with E-state index in [4.69, 9.17) is 9.84 Å². The standard InChI is InChI=1S/C14H13NO4S/c1-9-11(13(16)17)7-12(20-9)15-14(18)19-8-10-5-3-2-4-6-10/h2-7H,8H2,1H3,(H,15,18)(H,16,17). The summed E-state index contributed by atoms with van der Waals surface area (Å²) < 4.78 is 5.05. The van der Waals surface area contributed by atoms with Crippen molar-refractivity contribution in [2.24, 2.45) is 0 Å². The molecule has 2 N–H and O–H groups in total. The highest BCUT2D eigenvalue weighted by molar-refractivity contribution is 7.16. The molecule has 0 bridgehead atoms. The van der Waals surface area contributed by atoms with Crippen LogP contribution in [0.15, 0.2) is 36.4 Å². The molecule has 20 heavy (non-hydrogen) atoms. The number of nitrogens with one attached hydrogen (secondary N) is 1. The number of carboxylic acids is 1. The average molecular weight is 291 g/mol. The van der Waals surface area contributed by atoms with Crippen molar-refractivity contribution in [1.82, 2.24) is 0 Å². The lowest BCUT2D eigenvalue weighted by molar-refractivity contribution is 0.0696. The summed E-state index contributed by atoms with van der Waals surface area (Å²) in [6, 6.07) is 10.7. The van der Waals surface area contributed by atoms with Gasteiger partial charge in [-0.1, -0.05) is 30.3 Å². The first-order valence-corrected chi connectivity index (χ1v) is 6.69. The Morgan fingerprint density at radius 2 is 2.00 bits per heavy atom. The van der Waals surface area contributed by atoms with Crippen molar-refractivity contribution in [3.8, 4) is 0 Å². The predicted octanol–water partition coefficient (Wildman–Crippen LogP) is 3.50. The van der Waals surface area contributed by atoms with Gasteiger partial charge in [-0.25, -0.2) is 9.59 Å². The first-order valence-electron chi connectivity index (χ1n) is 5.87. The van der Waals surface area contributed by atoms with Crippen molar-refractivity contribution in [2.75, 3.05) is 5.32 Å². The van der Waals surface area contributed by atoms with Crippen LogP contribution in [0.2, 0.25) is 0 Å². The van der Waals surface area contributed by atoms with Crippen LogP contribution in [0.25, 0.3) is 0 Å². The van der Waals surface area contributed by atoms with Crippen molar-refractivity contribution in [3.05, 3.63) is 52.4 Å². The van der Waals surface area contributed by atoms with Gasteiger partial charge in [0.05, 0.1) is 10.6 Å². The molecule has 0 aliphatic carbocycles. The zero-order chi connectivity index (χ0) is 14.5. The monoisotopic (exact) mass is 291 g/mol. The third-order valence-electron chi connectivity index (χ3n) is 2.59. The fraction of sp³-hybridized carbons (Fsp3) is 0.143. The van der Waals surface area contributed by atoms with Crippen molar-refractivity contribution >= 4 is 28.4 Å². The summed E-state index contributed by atoms with van der Waals surface area (Å²) in [6.45, 7) is 1.86. The zero-order valence-corrected chi connectivity index (χ0v) is 11.6. The lowest BCUT2D eigenvalue weighted by Crippen LogP contribution is -2.12. The van der Waals surface area contributed by atoms with E-state index in [9.17, 15) is 9.59 Å². The van der Waals surface area contributed by atoms with Gasteiger partial charge in [0.1, 0.15) is 6.61 Å². The van der Waals surface area contributed by atoms with Crippen LogP contribution in [0, 0.1) is 6.92 Å². The Bertz CT molecular complexity index is 621. The summed E-state index contributed by atoms with van der Waals surface area (Å²) in [6.07, 6.45) is -0.605. The van der Waals surface area contributed by atoms with Gasteiger partial charge in [0.25, 0.3) is 0 Å². The minimum absolute atomic E-state index is 0.169. The molecule has 0 spiro atoms. The number of carbonyl (C=O) groups excluding carboxylic acids is 1. The topological polar surface area (TPSA) is 75.6 Å². The first-order chi connectivity index (χ1) is 9.56. The second-order valence-corrected chi connectivity index (χ2v) is 5.33. The molecule has 6 heteroatoms. The molecule has 104 valence electrons. The Labute approximate surface area is 119 Å². The van der Waals surface area contributed by atoms with Crippen LogP contribution in [0.4, 0.5) is 9.80 Å². The second kappa shape index (κ2) is 6.21. The van der Waals surface area contributed by atoms with E-state index in [1.165, 1.54) is 17.4 Å². The van der Waals surface area contributed by atoms with E-state index in [1.807, 2.05) is 30.3 Å². The number of carbonyl (C=O) groups is 2. The van der Waals surface area contributed by atoms with Gasteiger partial charge in [-0.15, -0.1) is 11.3 Å². The van der Waals surface area contributed by atoms with Gasteiger partial charge in [0.15, 0.2) is 0 Å². The fourth-order valence-corrected chi connectivity index (χ4v) is 2.51. The van der Waals surface area contributed by atoms with Crippen LogP contribution < -0.4 is 5.32 Å². The van der Waals surface area contributed by atoms with E-state index in [0.29, 0.717) is 9.88 Å². The Morgan fingerprint density at radius 3 is 2.60 bits per heavy atom. The molecule has 2 aromatic rings. The van der Waals surface area contributed by atoms with Crippen molar-refractivity contribution in [1.29, 1.82) is 0 Å². The molecule has 1 aromatic heterocycles. The Balaban J connectivity index is 1.92. The molecule has 1 amide bonds. The molecule has 1 heterocycles. The van der Waals surface area contributed by atoms with Crippen molar-refractivity contribution < 1.29 is 19.4 Å². The number of anilines is 1. The first kappa shape index (κ1) is 14.1. The Morgan fingerprint density at radius 1 is 1.30 bits per heavy atom. The average Bonchev–Trinajstić information content (AvgIpc) is 2.78. The van der Waals surface area contributed by atoms with E-state index < -0.39 is 12.1 Å². The van der Waals surface area contributed by atoms with Gasteiger partial charge in [0, 0.05) is 4.88 Å². The second-order valence-electron chi connectivity index (χ2n) is 4.07. The minimum Gasteiger partial charge on any atom is -0.478 e. The fourth-order valence-electron chi connectivity index (χ4n) is 1.62. The number of benzene rings is 1.